The molecule has 9 heteroatoms. The van der Waals surface area contributed by atoms with Crippen LogP contribution in [0.25, 0.3) is 0 Å². The summed E-state index contributed by atoms with van der Waals surface area (Å²) in [5, 5.41) is 17.6. The minimum Gasteiger partial charge on any atom is -0.382 e. The summed E-state index contributed by atoms with van der Waals surface area (Å²) >= 11 is 0. The third-order valence-corrected chi connectivity index (χ3v) is 5.08. The summed E-state index contributed by atoms with van der Waals surface area (Å²) in [4.78, 5) is 17.5. The number of ether oxygens (including phenoxy) is 2. The molecule has 0 amide bonds. The van der Waals surface area contributed by atoms with Crippen molar-refractivity contribution in [1.29, 1.82) is 0 Å². The van der Waals surface area contributed by atoms with Crippen LogP contribution >= 0.6 is 0 Å². The van der Waals surface area contributed by atoms with Gasteiger partial charge in [0.25, 0.3) is 5.69 Å². The molecule has 30 heavy (non-hydrogen) atoms. The van der Waals surface area contributed by atoms with E-state index in [2.05, 4.69) is 34.4 Å². The monoisotopic (exact) mass is 421 g/mol. The van der Waals surface area contributed by atoms with Gasteiger partial charge in [-0.05, 0) is 32.8 Å². The number of hydrogen-bond donors (Lipinski definition) is 2. The van der Waals surface area contributed by atoms with Crippen LogP contribution in [0.4, 0.5) is 5.69 Å². The quantitative estimate of drug-likeness (QED) is 0.186. The maximum atomic E-state index is 10.8. The molecule has 0 bridgehead atoms. The van der Waals surface area contributed by atoms with Crippen LogP contribution in [0, 0.1) is 10.1 Å². The first kappa shape index (κ1) is 24.0. The van der Waals surface area contributed by atoms with Gasteiger partial charge >= 0.3 is 0 Å². The fourth-order valence-electron chi connectivity index (χ4n) is 3.17. The van der Waals surface area contributed by atoms with Crippen LogP contribution in [0.3, 0.4) is 0 Å². The molecule has 1 aromatic rings. The average molecular weight is 422 g/mol. The molecule has 0 unspecified atom stereocenters. The number of aliphatic imine (C=N–C) groups is 1. The van der Waals surface area contributed by atoms with Crippen LogP contribution in [0.1, 0.15) is 32.8 Å². The Morgan fingerprint density at radius 1 is 1.27 bits per heavy atom. The Balaban J connectivity index is 1.95. The van der Waals surface area contributed by atoms with E-state index >= 15 is 0 Å². The lowest BCUT2D eigenvalue weighted by atomic mass is 10.0. The highest BCUT2D eigenvalue weighted by Gasteiger charge is 2.28. The van der Waals surface area contributed by atoms with Gasteiger partial charge in [-0.15, -0.1) is 0 Å². The number of non-ortho nitro benzene ring substituents is 1. The summed E-state index contributed by atoms with van der Waals surface area (Å²) in [5.41, 5.74) is 0.969. The molecule has 0 aliphatic carbocycles. The maximum Gasteiger partial charge on any atom is 0.269 e. The van der Waals surface area contributed by atoms with Crippen molar-refractivity contribution >= 4 is 11.6 Å². The molecule has 168 valence electrons. The third kappa shape index (κ3) is 8.25. The summed E-state index contributed by atoms with van der Waals surface area (Å²) in [6.07, 6.45) is 0.888. The Hall–Kier alpha value is -2.23. The summed E-state index contributed by atoms with van der Waals surface area (Å²) in [7, 11) is 0. The van der Waals surface area contributed by atoms with Crippen LogP contribution in [0.2, 0.25) is 0 Å². The second-order valence-corrected chi connectivity index (χ2v) is 7.83. The predicted molar refractivity (Wildman–Crippen MR) is 118 cm³/mol. The van der Waals surface area contributed by atoms with E-state index in [1.807, 2.05) is 6.92 Å². The second-order valence-electron chi connectivity index (χ2n) is 7.83. The highest BCUT2D eigenvalue weighted by atomic mass is 16.6. The minimum atomic E-state index is -0.395. The van der Waals surface area contributed by atoms with E-state index in [1.165, 1.54) is 12.1 Å². The fourth-order valence-corrected chi connectivity index (χ4v) is 3.17. The fraction of sp³-hybridized carbons (Fsp3) is 0.667. The van der Waals surface area contributed by atoms with Crippen molar-refractivity contribution in [2.24, 2.45) is 4.99 Å². The zero-order valence-electron chi connectivity index (χ0n) is 18.4. The van der Waals surface area contributed by atoms with Gasteiger partial charge in [-0.1, -0.05) is 12.1 Å². The van der Waals surface area contributed by atoms with E-state index in [0.717, 1.165) is 57.3 Å². The van der Waals surface area contributed by atoms with Gasteiger partial charge in [0.05, 0.1) is 24.7 Å². The zero-order chi connectivity index (χ0) is 21.8. The topological polar surface area (TPSA) is 101 Å². The zero-order valence-corrected chi connectivity index (χ0v) is 18.4. The molecular weight excluding hydrogens is 386 g/mol. The van der Waals surface area contributed by atoms with Crippen molar-refractivity contribution in [1.82, 2.24) is 15.5 Å². The molecule has 1 saturated heterocycles. The van der Waals surface area contributed by atoms with Crippen LogP contribution in [0.5, 0.6) is 0 Å². The minimum absolute atomic E-state index is 0.0368. The molecule has 0 saturated carbocycles. The number of hydrogen-bond acceptors (Lipinski definition) is 6. The molecule has 1 aliphatic heterocycles. The number of nitro groups is 1. The summed E-state index contributed by atoms with van der Waals surface area (Å²) in [6.45, 7) is 13.2. The summed E-state index contributed by atoms with van der Waals surface area (Å²) in [6, 6.07) is 6.50. The van der Waals surface area contributed by atoms with E-state index in [9.17, 15) is 10.1 Å². The molecule has 9 nitrogen and oxygen atoms in total. The van der Waals surface area contributed by atoms with Gasteiger partial charge in [-0.25, -0.2) is 4.99 Å². The van der Waals surface area contributed by atoms with Crippen molar-refractivity contribution in [3.05, 3.63) is 39.9 Å². The molecule has 1 aliphatic rings. The van der Waals surface area contributed by atoms with Gasteiger partial charge in [0, 0.05) is 57.1 Å². The van der Waals surface area contributed by atoms with Gasteiger partial charge < -0.3 is 20.1 Å². The Bertz CT molecular complexity index is 672. The van der Waals surface area contributed by atoms with E-state index in [0.29, 0.717) is 19.8 Å². The van der Waals surface area contributed by atoms with Crippen LogP contribution in [0.15, 0.2) is 29.3 Å². The molecule has 0 radical (unpaired) electrons. The number of guanidine groups is 1. The van der Waals surface area contributed by atoms with Crippen molar-refractivity contribution < 1.29 is 14.4 Å². The van der Waals surface area contributed by atoms with Crippen molar-refractivity contribution in [2.45, 2.75) is 39.3 Å². The summed E-state index contributed by atoms with van der Waals surface area (Å²) in [5.74, 6) is 0.728. The van der Waals surface area contributed by atoms with E-state index in [1.54, 1.807) is 12.1 Å². The lowest BCUT2D eigenvalue weighted by Gasteiger charge is -2.41. The first-order valence-electron chi connectivity index (χ1n) is 10.6. The number of nitrogens with zero attached hydrogens (tertiary/aromatic N) is 3. The van der Waals surface area contributed by atoms with E-state index < -0.39 is 4.92 Å². The Kier molecular flexibility index (Phi) is 9.99. The highest BCUT2D eigenvalue weighted by Crippen LogP contribution is 2.15. The van der Waals surface area contributed by atoms with Crippen LogP contribution < -0.4 is 10.6 Å². The van der Waals surface area contributed by atoms with Gasteiger partial charge in [0.1, 0.15) is 0 Å². The SMILES string of the molecule is CCOCCCNC(=NCc1ccc([N+](=O)[O-])cc1)NCC(C)(C)N1CCOCC1. The lowest BCUT2D eigenvalue weighted by Crippen LogP contribution is -2.56. The normalized spacial score (nSPS) is 15.8. The summed E-state index contributed by atoms with van der Waals surface area (Å²) < 4.78 is 10.9. The van der Waals surface area contributed by atoms with Crippen LogP contribution in [-0.2, 0) is 16.0 Å². The molecule has 0 atom stereocenters. The Labute approximate surface area is 179 Å². The highest BCUT2D eigenvalue weighted by molar-refractivity contribution is 5.79. The number of nitrogens with one attached hydrogen (secondary N) is 2. The largest absolute Gasteiger partial charge is 0.382 e. The number of nitro benzene ring substituents is 1. The van der Waals surface area contributed by atoms with Gasteiger partial charge in [0.15, 0.2) is 5.96 Å². The van der Waals surface area contributed by atoms with E-state index in [-0.39, 0.29) is 11.2 Å². The van der Waals surface area contributed by atoms with Gasteiger partial charge in [-0.2, -0.15) is 0 Å². The van der Waals surface area contributed by atoms with Crippen LogP contribution in [-0.4, -0.2) is 73.9 Å². The second kappa shape index (κ2) is 12.5. The van der Waals surface area contributed by atoms with Crippen molar-refractivity contribution in [3.63, 3.8) is 0 Å². The lowest BCUT2D eigenvalue weighted by molar-refractivity contribution is -0.384. The third-order valence-electron chi connectivity index (χ3n) is 5.08. The average Bonchev–Trinajstić information content (AvgIpc) is 2.76. The van der Waals surface area contributed by atoms with Crippen molar-refractivity contribution in [2.75, 3.05) is 52.6 Å². The van der Waals surface area contributed by atoms with E-state index in [4.69, 9.17) is 9.47 Å². The molecular formula is C21H35N5O4. The Morgan fingerprint density at radius 3 is 2.60 bits per heavy atom. The maximum absolute atomic E-state index is 10.8. The number of rotatable bonds is 11. The molecule has 2 rings (SSSR count). The molecule has 1 aromatic carbocycles. The predicted octanol–water partition coefficient (Wildman–Crippen LogP) is 2.17. The van der Waals surface area contributed by atoms with Gasteiger partial charge in [-0.3, -0.25) is 15.0 Å². The number of benzene rings is 1. The Morgan fingerprint density at radius 2 is 1.97 bits per heavy atom. The molecule has 0 spiro atoms. The molecule has 2 N–H and O–H groups in total. The number of morpholine rings is 1. The molecule has 1 fully saturated rings. The van der Waals surface area contributed by atoms with Gasteiger partial charge in [0.2, 0.25) is 0 Å². The molecule has 1 heterocycles. The standard InChI is InChI=1S/C21H35N5O4/c1-4-29-13-5-10-22-20(23-16-18-6-8-19(9-7-18)26(27)28)24-17-21(2,3)25-11-14-30-15-12-25/h6-9H,4-5,10-17H2,1-3H3,(H2,22,23,24). The first-order valence-corrected chi connectivity index (χ1v) is 10.6. The smallest absolute Gasteiger partial charge is 0.269 e. The first-order chi connectivity index (χ1) is 14.4. The van der Waals surface area contributed by atoms with Crippen molar-refractivity contribution in [3.8, 4) is 0 Å². The molecule has 0 aromatic heterocycles.